The van der Waals surface area contributed by atoms with Crippen LogP contribution in [0.2, 0.25) is 0 Å². The first kappa shape index (κ1) is 10.1. The van der Waals surface area contributed by atoms with Gasteiger partial charge >= 0.3 is 0 Å². The Bertz CT molecular complexity index is 379. The Morgan fingerprint density at radius 3 is 2.80 bits per heavy atom. The summed E-state index contributed by atoms with van der Waals surface area (Å²) in [6, 6.07) is 0.271. The maximum Gasteiger partial charge on any atom is 0.239 e. The van der Waals surface area contributed by atoms with E-state index in [1.54, 1.807) is 0 Å². The van der Waals surface area contributed by atoms with E-state index in [0.29, 0.717) is 0 Å². The summed E-state index contributed by atoms with van der Waals surface area (Å²) in [5.74, 6) is 5.09. The summed E-state index contributed by atoms with van der Waals surface area (Å²) in [7, 11) is 0. The molecule has 6 heteroatoms. The van der Waals surface area contributed by atoms with Crippen molar-refractivity contribution < 1.29 is 4.39 Å². The Morgan fingerprint density at radius 1 is 1.60 bits per heavy atom. The lowest BCUT2D eigenvalue weighted by Crippen LogP contribution is -2.15. The molecule has 1 atom stereocenters. The minimum absolute atomic E-state index is 0.202. The molecule has 0 aliphatic heterocycles. The topological polar surface area (TPSA) is 75.9 Å². The van der Waals surface area contributed by atoms with Gasteiger partial charge in [-0.25, -0.2) is 15.2 Å². The predicted molar refractivity (Wildman–Crippen MR) is 55.6 cm³/mol. The Kier molecular flexibility index (Phi) is 2.22. The lowest BCUT2D eigenvalue weighted by Gasteiger charge is -2.08. The van der Waals surface area contributed by atoms with Crippen molar-refractivity contribution in [2.45, 2.75) is 26.3 Å². The molecule has 15 heavy (non-hydrogen) atoms. The van der Waals surface area contributed by atoms with E-state index in [1.165, 1.54) is 0 Å². The zero-order chi connectivity index (χ0) is 11.1. The van der Waals surface area contributed by atoms with Gasteiger partial charge in [0.05, 0.1) is 6.20 Å². The molecule has 0 bridgehead atoms. The molecule has 1 heterocycles. The Balaban J connectivity index is 2.14. The Hall–Kier alpha value is -1.43. The molecule has 1 aromatic rings. The van der Waals surface area contributed by atoms with E-state index in [9.17, 15) is 4.39 Å². The molecule has 0 amide bonds. The number of nitrogen functional groups attached to an aromatic ring is 1. The number of halogens is 1. The molecule has 1 unspecified atom stereocenters. The number of nitrogens with one attached hydrogen (secondary N) is 2. The van der Waals surface area contributed by atoms with E-state index in [2.05, 4.69) is 34.6 Å². The lowest BCUT2D eigenvalue weighted by atomic mass is 10.2. The van der Waals surface area contributed by atoms with Crippen LogP contribution in [-0.4, -0.2) is 16.0 Å². The first-order chi connectivity index (χ1) is 7.03. The summed E-state index contributed by atoms with van der Waals surface area (Å²) in [6.45, 7) is 4.23. The van der Waals surface area contributed by atoms with Gasteiger partial charge in [-0.1, -0.05) is 13.8 Å². The minimum atomic E-state index is -0.461. The second-order valence-electron chi connectivity index (χ2n) is 4.42. The molecule has 2 rings (SSSR count). The van der Waals surface area contributed by atoms with Crippen molar-refractivity contribution >= 4 is 11.8 Å². The van der Waals surface area contributed by atoms with Gasteiger partial charge in [-0.05, 0) is 11.8 Å². The molecule has 1 saturated carbocycles. The largest absolute Gasteiger partial charge is 0.364 e. The molecule has 0 aromatic carbocycles. The van der Waals surface area contributed by atoms with Gasteiger partial charge in [0.1, 0.15) is 0 Å². The standard InChI is InChI=1S/C9H14FN5/c1-9(2)3-6(9)13-7-5(10)4-12-8(14-7)15-11/h4,6H,3,11H2,1-2H3,(H2,12,13,14,15). The Morgan fingerprint density at radius 2 is 2.27 bits per heavy atom. The molecular weight excluding hydrogens is 197 g/mol. The number of hydrogen-bond acceptors (Lipinski definition) is 5. The van der Waals surface area contributed by atoms with Crippen LogP contribution in [0, 0.1) is 11.2 Å². The van der Waals surface area contributed by atoms with Crippen LogP contribution in [0.4, 0.5) is 16.2 Å². The molecule has 1 aliphatic carbocycles. The average molecular weight is 211 g/mol. The van der Waals surface area contributed by atoms with Gasteiger partial charge in [-0.15, -0.1) is 0 Å². The third-order valence-corrected chi connectivity index (χ3v) is 2.70. The van der Waals surface area contributed by atoms with Crippen molar-refractivity contribution in [1.82, 2.24) is 9.97 Å². The highest BCUT2D eigenvalue weighted by Gasteiger charge is 2.46. The lowest BCUT2D eigenvalue weighted by molar-refractivity contribution is 0.605. The summed E-state index contributed by atoms with van der Waals surface area (Å²) in [5, 5.41) is 3.03. The molecule has 0 radical (unpaired) electrons. The van der Waals surface area contributed by atoms with Crippen molar-refractivity contribution in [3.63, 3.8) is 0 Å². The van der Waals surface area contributed by atoms with Crippen LogP contribution in [0.3, 0.4) is 0 Å². The van der Waals surface area contributed by atoms with Gasteiger partial charge in [0, 0.05) is 6.04 Å². The summed E-state index contributed by atoms with van der Waals surface area (Å²) >= 11 is 0. The molecule has 0 spiro atoms. The van der Waals surface area contributed by atoms with E-state index in [1.807, 2.05) is 0 Å². The fourth-order valence-electron chi connectivity index (χ4n) is 1.42. The van der Waals surface area contributed by atoms with Crippen molar-refractivity contribution in [1.29, 1.82) is 0 Å². The molecule has 1 aliphatic rings. The first-order valence-electron chi connectivity index (χ1n) is 4.78. The number of anilines is 2. The van der Waals surface area contributed by atoms with Crippen molar-refractivity contribution in [3.05, 3.63) is 12.0 Å². The predicted octanol–water partition coefficient (Wildman–Crippen LogP) is 1.11. The fraction of sp³-hybridized carbons (Fsp3) is 0.556. The number of nitrogens with two attached hydrogens (primary N) is 1. The molecule has 82 valence electrons. The zero-order valence-electron chi connectivity index (χ0n) is 8.71. The highest BCUT2D eigenvalue weighted by Crippen LogP contribution is 2.46. The van der Waals surface area contributed by atoms with Crippen LogP contribution in [0.25, 0.3) is 0 Å². The normalized spacial score (nSPS) is 22.3. The highest BCUT2D eigenvalue weighted by molar-refractivity contribution is 5.43. The monoisotopic (exact) mass is 211 g/mol. The van der Waals surface area contributed by atoms with Crippen LogP contribution >= 0.6 is 0 Å². The molecule has 4 N–H and O–H groups in total. The highest BCUT2D eigenvalue weighted by atomic mass is 19.1. The van der Waals surface area contributed by atoms with Gasteiger partial charge in [0.15, 0.2) is 11.6 Å². The smallest absolute Gasteiger partial charge is 0.239 e. The number of hydrazine groups is 1. The Labute approximate surface area is 87.3 Å². The minimum Gasteiger partial charge on any atom is -0.364 e. The molecular formula is C9H14FN5. The number of rotatable bonds is 3. The maximum atomic E-state index is 13.3. The summed E-state index contributed by atoms with van der Waals surface area (Å²) in [5.41, 5.74) is 2.50. The molecule has 5 nitrogen and oxygen atoms in total. The van der Waals surface area contributed by atoms with E-state index in [4.69, 9.17) is 5.84 Å². The van der Waals surface area contributed by atoms with Crippen LogP contribution in [-0.2, 0) is 0 Å². The van der Waals surface area contributed by atoms with Gasteiger partial charge in [0.25, 0.3) is 0 Å². The van der Waals surface area contributed by atoms with Crippen molar-refractivity contribution in [3.8, 4) is 0 Å². The van der Waals surface area contributed by atoms with E-state index >= 15 is 0 Å². The van der Waals surface area contributed by atoms with Crippen LogP contribution in [0.15, 0.2) is 6.20 Å². The van der Waals surface area contributed by atoms with Gasteiger partial charge in [0.2, 0.25) is 5.95 Å². The summed E-state index contributed by atoms with van der Waals surface area (Å²) in [6.07, 6.45) is 2.11. The van der Waals surface area contributed by atoms with Gasteiger partial charge in [-0.3, -0.25) is 5.43 Å². The van der Waals surface area contributed by atoms with E-state index in [-0.39, 0.29) is 23.2 Å². The van der Waals surface area contributed by atoms with Gasteiger partial charge < -0.3 is 5.32 Å². The van der Waals surface area contributed by atoms with Gasteiger partial charge in [-0.2, -0.15) is 4.98 Å². The third-order valence-electron chi connectivity index (χ3n) is 2.70. The van der Waals surface area contributed by atoms with Crippen molar-refractivity contribution in [2.75, 3.05) is 10.7 Å². The van der Waals surface area contributed by atoms with Crippen LogP contribution in [0.1, 0.15) is 20.3 Å². The van der Waals surface area contributed by atoms with E-state index < -0.39 is 5.82 Å². The number of aromatic nitrogens is 2. The third kappa shape index (κ3) is 1.99. The average Bonchev–Trinajstić information content (AvgIpc) is 2.78. The molecule has 1 aromatic heterocycles. The van der Waals surface area contributed by atoms with Crippen LogP contribution < -0.4 is 16.6 Å². The molecule has 1 fully saturated rings. The van der Waals surface area contributed by atoms with E-state index in [0.717, 1.165) is 12.6 Å². The summed E-state index contributed by atoms with van der Waals surface area (Å²) < 4.78 is 13.3. The first-order valence-corrected chi connectivity index (χ1v) is 4.78. The zero-order valence-corrected chi connectivity index (χ0v) is 8.71. The fourth-order valence-corrected chi connectivity index (χ4v) is 1.42. The number of nitrogens with zero attached hydrogens (tertiary/aromatic N) is 2. The quantitative estimate of drug-likeness (QED) is 0.516. The second-order valence-corrected chi connectivity index (χ2v) is 4.42. The number of hydrogen-bond donors (Lipinski definition) is 3. The SMILES string of the molecule is CC1(C)CC1Nc1nc(NN)ncc1F. The second kappa shape index (κ2) is 3.30. The molecule has 0 saturated heterocycles. The maximum absolute atomic E-state index is 13.3. The van der Waals surface area contributed by atoms with Crippen LogP contribution in [0.5, 0.6) is 0 Å². The van der Waals surface area contributed by atoms with Crippen molar-refractivity contribution in [2.24, 2.45) is 11.3 Å². The summed E-state index contributed by atoms with van der Waals surface area (Å²) in [4.78, 5) is 7.56.